The van der Waals surface area contributed by atoms with Gasteiger partial charge in [-0.15, -0.1) is 0 Å². The number of para-hydroxylation sites is 1. The van der Waals surface area contributed by atoms with Crippen molar-refractivity contribution in [2.45, 2.75) is 38.8 Å². The molecule has 1 saturated heterocycles. The van der Waals surface area contributed by atoms with Crippen molar-refractivity contribution >= 4 is 27.3 Å². The lowest BCUT2D eigenvalue weighted by Gasteiger charge is -2.29. The third-order valence-electron chi connectivity index (χ3n) is 5.30. The summed E-state index contributed by atoms with van der Waals surface area (Å²) in [6, 6.07) is 12.4. The summed E-state index contributed by atoms with van der Waals surface area (Å²) in [5, 5.41) is 2.76. The predicted molar refractivity (Wildman–Crippen MR) is 118 cm³/mol. The Hall–Kier alpha value is -2.61. The number of rotatable bonds is 7. The minimum atomic E-state index is -3.86. The van der Waals surface area contributed by atoms with Gasteiger partial charge in [-0.1, -0.05) is 24.3 Å². The van der Waals surface area contributed by atoms with E-state index in [1.54, 1.807) is 0 Å². The third-order valence-corrected chi connectivity index (χ3v) is 6.53. The summed E-state index contributed by atoms with van der Waals surface area (Å²) in [4.78, 5) is 15.0. The molecule has 1 fully saturated rings. The van der Waals surface area contributed by atoms with Crippen LogP contribution in [0.2, 0.25) is 0 Å². The lowest BCUT2D eigenvalue weighted by Crippen LogP contribution is -2.48. The second-order valence-electron chi connectivity index (χ2n) is 7.62. The van der Waals surface area contributed by atoms with Crippen LogP contribution in [0, 0.1) is 5.82 Å². The lowest BCUT2D eigenvalue weighted by atomic mass is 10.1. The largest absolute Gasteiger partial charge is 0.372 e. The van der Waals surface area contributed by atoms with Crippen LogP contribution in [0.1, 0.15) is 31.7 Å². The molecule has 162 valence electrons. The highest BCUT2D eigenvalue weighted by Gasteiger charge is 2.30. The molecule has 1 unspecified atom stereocenters. The van der Waals surface area contributed by atoms with Gasteiger partial charge in [0.05, 0.1) is 11.9 Å². The van der Waals surface area contributed by atoms with Crippen LogP contribution < -0.4 is 14.5 Å². The minimum absolute atomic E-state index is 0.145. The third kappa shape index (κ3) is 5.30. The Kier molecular flexibility index (Phi) is 6.97. The summed E-state index contributed by atoms with van der Waals surface area (Å²) in [6.45, 7) is 3.83. The Morgan fingerprint density at radius 1 is 1.10 bits per heavy atom. The van der Waals surface area contributed by atoms with E-state index in [1.165, 1.54) is 56.1 Å². The molecule has 2 aromatic rings. The Morgan fingerprint density at radius 2 is 1.73 bits per heavy atom. The molecule has 3 rings (SSSR count). The topological polar surface area (TPSA) is 69.7 Å². The van der Waals surface area contributed by atoms with Gasteiger partial charge in [-0.05, 0) is 56.0 Å². The number of carbonyl (C=O) groups excluding carboxylic acids is 1. The van der Waals surface area contributed by atoms with E-state index in [9.17, 15) is 17.6 Å². The zero-order valence-corrected chi connectivity index (χ0v) is 18.2. The molecule has 1 atom stereocenters. The standard InChI is InChI=1S/C22H28FN3O3S/c1-17(26(30(2,28)29)21-9-5-4-8-20(21)23)22(27)24-16-18-10-12-19(13-11-18)25-14-6-3-7-15-25/h4-5,8-13,17H,3,6-7,14-16H2,1-2H3,(H,24,27). The van der Waals surface area contributed by atoms with Crippen molar-refractivity contribution in [1.29, 1.82) is 0 Å². The number of sulfonamides is 1. The summed E-state index contributed by atoms with van der Waals surface area (Å²) in [6.07, 6.45) is 4.64. The van der Waals surface area contributed by atoms with E-state index in [1.807, 2.05) is 24.3 Å². The molecule has 0 aromatic heterocycles. The molecule has 1 N–H and O–H groups in total. The normalized spacial score (nSPS) is 15.5. The number of anilines is 2. The Labute approximate surface area is 177 Å². The molecular formula is C22H28FN3O3S. The maximum atomic E-state index is 14.2. The maximum Gasteiger partial charge on any atom is 0.243 e. The van der Waals surface area contributed by atoms with Crippen molar-refractivity contribution in [2.24, 2.45) is 0 Å². The summed E-state index contributed by atoms with van der Waals surface area (Å²) in [5.74, 6) is -1.19. The Bertz CT molecular complexity index is 973. The SMILES string of the molecule is CC(C(=O)NCc1ccc(N2CCCCC2)cc1)N(c1ccccc1F)S(C)(=O)=O. The average molecular weight is 434 g/mol. The van der Waals surface area contributed by atoms with Crippen LogP contribution in [0.25, 0.3) is 0 Å². The molecule has 0 aliphatic carbocycles. The smallest absolute Gasteiger partial charge is 0.243 e. The van der Waals surface area contributed by atoms with Crippen LogP contribution in [0.3, 0.4) is 0 Å². The van der Waals surface area contributed by atoms with Crippen LogP contribution in [0.5, 0.6) is 0 Å². The van der Waals surface area contributed by atoms with E-state index in [0.29, 0.717) is 0 Å². The van der Waals surface area contributed by atoms with Gasteiger partial charge in [-0.2, -0.15) is 0 Å². The number of piperidine rings is 1. The first-order chi connectivity index (χ1) is 14.3. The van der Waals surface area contributed by atoms with Gasteiger partial charge in [0, 0.05) is 25.3 Å². The van der Waals surface area contributed by atoms with E-state index >= 15 is 0 Å². The molecule has 1 amide bonds. The van der Waals surface area contributed by atoms with Crippen LogP contribution in [-0.4, -0.2) is 39.7 Å². The molecule has 0 spiro atoms. The minimum Gasteiger partial charge on any atom is -0.372 e. The molecule has 0 saturated carbocycles. The number of carbonyl (C=O) groups is 1. The highest BCUT2D eigenvalue weighted by Crippen LogP contribution is 2.24. The zero-order chi connectivity index (χ0) is 21.7. The van der Waals surface area contributed by atoms with Crippen molar-refractivity contribution in [3.8, 4) is 0 Å². The molecule has 1 aliphatic rings. The number of halogens is 1. The molecule has 2 aromatic carbocycles. The number of benzene rings is 2. The van der Waals surface area contributed by atoms with Crippen molar-refractivity contribution in [3.05, 3.63) is 59.9 Å². The second-order valence-corrected chi connectivity index (χ2v) is 9.48. The van der Waals surface area contributed by atoms with Crippen molar-refractivity contribution in [3.63, 3.8) is 0 Å². The summed E-state index contributed by atoms with van der Waals surface area (Å²) < 4.78 is 39.5. The first-order valence-corrected chi connectivity index (χ1v) is 12.0. The summed E-state index contributed by atoms with van der Waals surface area (Å²) in [7, 11) is -3.86. The van der Waals surface area contributed by atoms with Crippen LogP contribution >= 0.6 is 0 Å². The highest BCUT2D eigenvalue weighted by atomic mass is 32.2. The molecular weight excluding hydrogens is 405 g/mol. The molecule has 0 bridgehead atoms. The predicted octanol–water partition coefficient (Wildman–Crippen LogP) is 3.29. The second kappa shape index (κ2) is 9.47. The Balaban J connectivity index is 1.66. The van der Waals surface area contributed by atoms with Gasteiger partial charge in [0.25, 0.3) is 0 Å². The van der Waals surface area contributed by atoms with Crippen molar-refractivity contribution in [1.82, 2.24) is 5.32 Å². The van der Waals surface area contributed by atoms with Gasteiger partial charge in [-0.25, -0.2) is 12.8 Å². The number of amides is 1. The van der Waals surface area contributed by atoms with E-state index in [4.69, 9.17) is 0 Å². The first kappa shape index (κ1) is 22.1. The van der Waals surface area contributed by atoms with E-state index < -0.39 is 27.8 Å². The van der Waals surface area contributed by atoms with E-state index in [-0.39, 0.29) is 12.2 Å². The monoisotopic (exact) mass is 433 g/mol. The fourth-order valence-electron chi connectivity index (χ4n) is 3.73. The van der Waals surface area contributed by atoms with Crippen molar-refractivity contribution in [2.75, 3.05) is 28.6 Å². The fraction of sp³-hybridized carbons (Fsp3) is 0.409. The zero-order valence-electron chi connectivity index (χ0n) is 17.3. The molecule has 0 radical (unpaired) electrons. The van der Waals surface area contributed by atoms with Crippen LogP contribution in [0.15, 0.2) is 48.5 Å². The molecule has 30 heavy (non-hydrogen) atoms. The fourth-order valence-corrected chi connectivity index (χ4v) is 4.90. The average Bonchev–Trinajstić information content (AvgIpc) is 2.73. The number of hydrogen-bond donors (Lipinski definition) is 1. The van der Waals surface area contributed by atoms with E-state index in [0.717, 1.165) is 29.2 Å². The Morgan fingerprint density at radius 3 is 2.33 bits per heavy atom. The number of nitrogens with zero attached hydrogens (tertiary/aromatic N) is 2. The van der Waals surface area contributed by atoms with E-state index in [2.05, 4.69) is 10.2 Å². The van der Waals surface area contributed by atoms with Crippen LogP contribution in [-0.2, 0) is 21.4 Å². The van der Waals surface area contributed by atoms with Crippen molar-refractivity contribution < 1.29 is 17.6 Å². The van der Waals surface area contributed by atoms with Gasteiger partial charge in [-0.3, -0.25) is 9.10 Å². The highest BCUT2D eigenvalue weighted by molar-refractivity contribution is 7.92. The van der Waals surface area contributed by atoms with Gasteiger partial charge in [0.2, 0.25) is 15.9 Å². The lowest BCUT2D eigenvalue weighted by molar-refractivity contribution is -0.122. The maximum absolute atomic E-state index is 14.2. The molecule has 1 heterocycles. The van der Waals surface area contributed by atoms with Gasteiger partial charge in [0.1, 0.15) is 11.9 Å². The quantitative estimate of drug-likeness (QED) is 0.728. The molecule has 1 aliphatic heterocycles. The molecule has 8 heteroatoms. The molecule has 6 nitrogen and oxygen atoms in total. The summed E-state index contributed by atoms with van der Waals surface area (Å²) in [5.41, 5.74) is 1.93. The van der Waals surface area contributed by atoms with Gasteiger partial charge >= 0.3 is 0 Å². The van der Waals surface area contributed by atoms with Gasteiger partial charge in [0.15, 0.2) is 0 Å². The number of nitrogens with one attached hydrogen (secondary N) is 1. The van der Waals surface area contributed by atoms with Gasteiger partial charge < -0.3 is 10.2 Å². The number of hydrogen-bond acceptors (Lipinski definition) is 4. The summed E-state index contributed by atoms with van der Waals surface area (Å²) >= 11 is 0. The first-order valence-electron chi connectivity index (χ1n) is 10.1. The van der Waals surface area contributed by atoms with Crippen LogP contribution in [0.4, 0.5) is 15.8 Å².